The van der Waals surface area contributed by atoms with E-state index in [2.05, 4.69) is 15.4 Å². The predicted octanol–water partition coefficient (Wildman–Crippen LogP) is 3.02. The Morgan fingerprint density at radius 3 is 2.66 bits per heavy atom. The van der Waals surface area contributed by atoms with Crippen LogP contribution in [0, 0.1) is 6.92 Å². The minimum Gasteiger partial charge on any atom is -0.360 e. The number of carbonyl (C=O) groups excluding carboxylic acids is 1. The van der Waals surface area contributed by atoms with Gasteiger partial charge in [0.15, 0.2) is 5.82 Å². The van der Waals surface area contributed by atoms with Crippen LogP contribution in [-0.4, -0.2) is 61.4 Å². The molecule has 1 aromatic heterocycles. The average molecular weight is 461 g/mol. The van der Waals surface area contributed by atoms with Crippen LogP contribution in [0.3, 0.4) is 0 Å². The van der Waals surface area contributed by atoms with E-state index in [0.29, 0.717) is 12.3 Å². The first-order valence-electron chi connectivity index (χ1n) is 9.16. The van der Waals surface area contributed by atoms with Crippen molar-refractivity contribution in [1.29, 1.82) is 0 Å². The van der Waals surface area contributed by atoms with Crippen molar-refractivity contribution in [3.8, 4) is 0 Å². The van der Waals surface area contributed by atoms with Gasteiger partial charge < -0.3 is 14.7 Å². The van der Waals surface area contributed by atoms with Crippen molar-refractivity contribution in [1.82, 2.24) is 14.4 Å². The van der Waals surface area contributed by atoms with Gasteiger partial charge in [-0.3, -0.25) is 4.79 Å². The Bertz CT molecular complexity index is 974. The number of rotatable bonds is 8. The zero-order chi connectivity index (χ0) is 21.0. The molecule has 0 saturated carbocycles. The zero-order valence-corrected chi connectivity index (χ0v) is 18.2. The summed E-state index contributed by atoms with van der Waals surface area (Å²) in [6.45, 7) is 3.80. The van der Waals surface area contributed by atoms with Gasteiger partial charge in [0.25, 0.3) is 0 Å². The number of hydrogen-bond acceptors (Lipinski definition) is 6. The summed E-state index contributed by atoms with van der Waals surface area (Å²) >= 11 is 12.1. The fourth-order valence-corrected chi connectivity index (χ4v) is 5.25. The van der Waals surface area contributed by atoms with Crippen LogP contribution in [-0.2, 0) is 14.8 Å². The zero-order valence-electron chi connectivity index (χ0n) is 15.9. The molecule has 0 radical (unpaired) electrons. The summed E-state index contributed by atoms with van der Waals surface area (Å²) in [5.41, 5.74) is 0. The molecule has 11 heteroatoms. The number of aryl methyl sites for hydroxylation is 1. The Kier molecular flexibility index (Phi) is 7.18. The van der Waals surface area contributed by atoms with Crippen LogP contribution in [0.15, 0.2) is 33.7 Å². The van der Waals surface area contributed by atoms with Gasteiger partial charge in [-0.2, -0.15) is 4.31 Å². The summed E-state index contributed by atoms with van der Waals surface area (Å²) in [7, 11) is -4.04. The molecular weight excluding hydrogens is 439 g/mol. The monoisotopic (exact) mass is 460 g/mol. The molecule has 2 heterocycles. The number of sulfonamides is 1. The first-order valence-corrected chi connectivity index (χ1v) is 11.4. The molecule has 0 unspecified atom stereocenters. The molecule has 1 saturated heterocycles. The van der Waals surface area contributed by atoms with Crippen LogP contribution in [0.2, 0.25) is 10.0 Å². The molecule has 0 atom stereocenters. The third-order valence-electron chi connectivity index (χ3n) is 4.59. The third-order valence-corrected chi connectivity index (χ3v) is 7.15. The highest BCUT2D eigenvalue weighted by Crippen LogP contribution is 2.28. The Hall–Kier alpha value is -1.65. The van der Waals surface area contributed by atoms with E-state index in [1.165, 1.54) is 18.2 Å². The van der Waals surface area contributed by atoms with E-state index in [9.17, 15) is 13.2 Å². The number of nitrogens with one attached hydrogen (secondary N) is 1. The lowest BCUT2D eigenvalue weighted by Crippen LogP contribution is -2.42. The highest BCUT2D eigenvalue weighted by atomic mass is 35.5. The molecule has 0 spiro atoms. The minimum atomic E-state index is -4.04. The van der Waals surface area contributed by atoms with Crippen LogP contribution < -0.4 is 5.32 Å². The molecule has 158 valence electrons. The SMILES string of the molecule is Cc1cc(NC(=O)CN(CCN2CCCC2)S(=O)(=O)c2cc(Cl)ccc2Cl)no1. The highest BCUT2D eigenvalue weighted by molar-refractivity contribution is 7.89. The molecule has 8 nitrogen and oxygen atoms in total. The van der Waals surface area contributed by atoms with E-state index in [1.807, 2.05) is 0 Å². The summed E-state index contributed by atoms with van der Waals surface area (Å²) in [6, 6.07) is 5.78. The van der Waals surface area contributed by atoms with Crippen LogP contribution in [0.5, 0.6) is 0 Å². The Balaban J connectivity index is 1.80. The first kappa shape index (κ1) is 22.0. The number of likely N-dealkylation sites (tertiary alicyclic amines) is 1. The normalized spacial score (nSPS) is 15.2. The average Bonchev–Trinajstić information content (AvgIpc) is 3.32. The summed E-state index contributed by atoms with van der Waals surface area (Å²) in [5, 5.41) is 6.54. The Morgan fingerprint density at radius 1 is 1.28 bits per heavy atom. The van der Waals surface area contributed by atoms with Crippen molar-refractivity contribution in [2.45, 2.75) is 24.7 Å². The predicted molar refractivity (Wildman–Crippen MR) is 111 cm³/mol. The smallest absolute Gasteiger partial charge is 0.245 e. The van der Waals surface area contributed by atoms with Crippen molar-refractivity contribution < 1.29 is 17.7 Å². The second kappa shape index (κ2) is 9.44. The second-order valence-electron chi connectivity index (χ2n) is 6.83. The molecule has 29 heavy (non-hydrogen) atoms. The van der Waals surface area contributed by atoms with Gasteiger partial charge in [0.2, 0.25) is 15.9 Å². The number of nitrogens with zero attached hydrogens (tertiary/aromatic N) is 3. The fraction of sp³-hybridized carbons (Fsp3) is 0.444. The topological polar surface area (TPSA) is 95.8 Å². The molecule has 1 fully saturated rings. The summed E-state index contributed by atoms with van der Waals surface area (Å²) in [5.74, 6) is 0.233. The molecule has 1 aliphatic rings. The number of carbonyl (C=O) groups is 1. The molecule has 1 aliphatic heterocycles. The van der Waals surface area contributed by atoms with Crippen LogP contribution in [0.1, 0.15) is 18.6 Å². The number of benzene rings is 1. The van der Waals surface area contributed by atoms with Crippen molar-refractivity contribution in [3.05, 3.63) is 40.1 Å². The lowest BCUT2D eigenvalue weighted by molar-refractivity contribution is -0.116. The van der Waals surface area contributed by atoms with E-state index in [1.54, 1.807) is 13.0 Å². The summed E-state index contributed by atoms with van der Waals surface area (Å²) < 4.78 is 32.5. The second-order valence-corrected chi connectivity index (χ2v) is 9.58. The molecule has 0 bridgehead atoms. The number of amides is 1. The molecule has 2 aromatic rings. The molecule has 1 N–H and O–H groups in total. The number of aromatic nitrogens is 1. The quantitative estimate of drug-likeness (QED) is 0.650. The van der Waals surface area contributed by atoms with Gasteiger partial charge in [-0.15, -0.1) is 0 Å². The van der Waals surface area contributed by atoms with Crippen LogP contribution in [0.4, 0.5) is 5.82 Å². The lowest BCUT2D eigenvalue weighted by atomic mass is 10.4. The van der Waals surface area contributed by atoms with Gasteiger partial charge in [-0.1, -0.05) is 28.4 Å². The van der Waals surface area contributed by atoms with E-state index in [4.69, 9.17) is 27.7 Å². The number of anilines is 1. The van der Waals surface area contributed by atoms with Gasteiger partial charge in [0.05, 0.1) is 11.6 Å². The number of hydrogen-bond donors (Lipinski definition) is 1. The first-order chi connectivity index (χ1) is 13.8. The molecule has 1 amide bonds. The van der Waals surface area contributed by atoms with Crippen molar-refractivity contribution >= 4 is 45.0 Å². The summed E-state index contributed by atoms with van der Waals surface area (Å²) in [6.07, 6.45) is 2.16. The summed E-state index contributed by atoms with van der Waals surface area (Å²) in [4.78, 5) is 14.5. The van der Waals surface area contributed by atoms with Crippen LogP contribution in [0.25, 0.3) is 0 Å². The molecule has 3 rings (SSSR count). The van der Waals surface area contributed by atoms with Crippen molar-refractivity contribution in [3.63, 3.8) is 0 Å². The maximum Gasteiger partial charge on any atom is 0.245 e. The van der Waals surface area contributed by atoms with Gasteiger partial charge in [-0.05, 0) is 51.1 Å². The standard InChI is InChI=1S/C18H22Cl2N4O4S/c1-13-10-17(22-28-13)21-18(25)12-24(9-8-23-6-2-3-7-23)29(26,27)16-11-14(19)4-5-15(16)20/h4-5,10-11H,2-3,6-9,12H2,1H3,(H,21,22,25). The van der Waals surface area contributed by atoms with E-state index in [-0.39, 0.29) is 33.8 Å². The maximum atomic E-state index is 13.3. The molecule has 0 aliphatic carbocycles. The molecular formula is C18H22Cl2N4O4S. The van der Waals surface area contributed by atoms with Crippen LogP contribution >= 0.6 is 23.2 Å². The third kappa shape index (κ3) is 5.70. The van der Waals surface area contributed by atoms with Gasteiger partial charge in [0.1, 0.15) is 10.7 Å². The minimum absolute atomic E-state index is 0.0492. The van der Waals surface area contributed by atoms with E-state index < -0.39 is 15.9 Å². The van der Waals surface area contributed by atoms with Crippen molar-refractivity contribution in [2.24, 2.45) is 0 Å². The van der Waals surface area contributed by atoms with E-state index in [0.717, 1.165) is 30.2 Å². The number of halogens is 2. The molecule has 1 aromatic carbocycles. The maximum absolute atomic E-state index is 13.3. The largest absolute Gasteiger partial charge is 0.360 e. The van der Waals surface area contributed by atoms with Gasteiger partial charge in [0, 0.05) is 24.2 Å². The van der Waals surface area contributed by atoms with Gasteiger partial charge >= 0.3 is 0 Å². The highest BCUT2D eigenvalue weighted by Gasteiger charge is 2.30. The van der Waals surface area contributed by atoms with Gasteiger partial charge in [-0.25, -0.2) is 8.42 Å². The van der Waals surface area contributed by atoms with E-state index >= 15 is 0 Å². The Labute approximate surface area is 179 Å². The van der Waals surface area contributed by atoms with Crippen molar-refractivity contribution in [2.75, 3.05) is 38.0 Å². The Morgan fingerprint density at radius 2 is 2.00 bits per heavy atom. The lowest BCUT2D eigenvalue weighted by Gasteiger charge is -2.25. The fourth-order valence-electron chi connectivity index (χ4n) is 3.13.